The average molecular weight is 376 g/mol. The second kappa shape index (κ2) is 6.51. The molecule has 1 aliphatic rings. The number of aliphatic hydroxyl groups is 1. The molecule has 1 unspecified atom stereocenters. The molecular weight excluding hydrogens is 366 g/mol. The van der Waals surface area contributed by atoms with Crippen molar-refractivity contribution in [3.63, 3.8) is 0 Å². The highest BCUT2D eigenvalue weighted by Crippen LogP contribution is 2.44. The molecule has 0 fully saturated rings. The minimum absolute atomic E-state index is 0.0679. The summed E-state index contributed by atoms with van der Waals surface area (Å²) in [7, 11) is 0. The van der Waals surface area contributed by atoms with Crippen LogP contribution >= 0.6 is 11.6 Å². The number of halogens is 1. The van der Waals surface area contributed by atoms with E-state index < -0.39 is 22.9 Å². The molecule has 0 saturated carbocycles. The SMILES string of the molecule is N#CC1=C(N)Oc2c(oc(CO)cc2=O)C1c1cc([N+](=O)[O-])ccc1Cl. The Morgan fingerprint density at radius 2 is 2.15 bits per heavy atom. The highest BCUT2D eigenvalue weighted by Gasteiger charge is 2.37. The van der Waals surface area contributed by atoms with Gasteiger partial charge in [-0.1, -0.05) is 11.6 Å². The smallest absolute Gasteiger partial charge is 0.269 e. The van der Waals surface area contributed by atoms with Crippen molar-refractivity contribution in [3.05, 3.63) is 78.2 Å². The summed E-state index contributed by atoms with van der Waals surface area (Å²) in [6, 6.07) is 6.54. The predicted molar refractivity (Wildman–Crippen MR) is 88.3 cm³/mol. The quantitative estimate of drug-likeness (QED) is 0.609. The Bertz CT molecular complexity index is 1050. The number of nitriles is 1. The third-order valence-electron chi connectivity index (χ3n) is 3.79. The molecule has 0 saturated heterocycles. The third-order valence-corrected chi connectivity index (χ3v) is 4.13. The number of rotatable bonds is 3. The van der Waals surface area contributed by atoms with Gasteiger partial charge in [-0.2, -0.15) is 5.26 Å². The van der Waals surface area contributed by atoms with Crippen LogP contribution in [0.15, 0.2) is 44.9 Å². The molecule has 132 valence electrons. The van der Waals surface area contributed by atoms with Crippen LogP contribution in [-0.2, 0) is 6.61 Å². The first-order valence-corrected chi connectivity index (χ1v) is 7.54. The van der Waals surface area contributed by atoms with E-state index in [2.05, 4.69) is 0 Å². The number of aliphatic hydroxyl groups excluding tert-OH is 1. The van der Waals surface area contributed by atoms with E-state index in [1.54, 1.807) is 0 Å². The van der Waals surface area contributed by atoms with Gasteiger partial charge in [0.15, 0.2) is 5.76 Å². The number of fused-ring (bicyclic) bond motifs is 1. The number of nitro benzene ring substituents is 1. The van der Waals surface area contributed by atoms with Crippen LogP contribution in [0.5, 0.6) is 5.75 Å². The maximum Gasteiger partial charge on any atom is 0.269 e. The van der Waals surface area contributed by atoms with Crippen molar-refractivity contribution in [1.29, 1.82) is 5.26 Å². The van der Waals surface area contributed by atoms with Crippen molar-refractivity contribution in [2.45, 2.75) is 12.5 Å². The fraction of sp³-hybridized carbons (Fsp3) is 0.125. The Labute approximate surface area is 150 Å². The number of nitrogens with two attached hydrogens (primary N) is 1. The zero-order chi connectivity index (χ0) is 19.0. The number of nitro groups is 1. The van der Waals surface area contributed by atoms with Crippen molar-refractivity contribution in [2.24, 2.45) is 5.73 Å². The predicted octanol–water partition coefficient (Wildman–Crippen LogP) is 1.91. The molecule has 9 nitrogen and oxygen atoms in total. The summed E-state index contributed by atoms with van der Waals surface area (Å²) in [4.78, 5) is 22.7. The van der Waals surface area contributed by atoms with Gasteiger partial charge in [-0.3, -0.25) is 14.9 Å². The van der Waals surface area contributed by atoms with Crippen LogP contribution in [0.25, 0.3) is 0 Å². The zero-order valence-electron chi connectivity index (χ0n) is 12.9. The minimum Gasteiger partial charge on any atom is -0.458 e. The van der Waals surface area contributed by atoms with Crippen molar-refractivity contribution < 1.29 is 19.2 Å². The molecule has 10 heteroatoms. The second-order valence-corrected chi connectivity index (χ2v) is 5.72. The largest absolute Gasteiger partial charge is 0.458 e. The van der Waals surface area contributed by atoms with Crippen LogP contribution in [0.1, 0.15) is 23.0 Å². The lowest BCUT2D eigenvalue weighted by molar-refractivity contribution is -0.384. The topological polar surface area (TPSA) is 153 Å². The van der Waals surface area contributed by atoms with Crippen molar-refractivity contribution in [2.75, 3.05) is 0 Å². The van der Waals surface area contributed by atoms with E-state index in [0.717, 1.165) is 6.07 Å². The first-order valence-electron chi connectivity index (χ1n) is 7.16. The average Bonchev–Trinajstić information content (AvgIpc) is 2.61. The number of nitrogens with zero attached hydrogens (tertiary/aromatic N) is 2. The van der Waals surface area contributed by atoms with Crippen LogP contribution in [0, 0.1) is 21.4 Å². The van der Waals surface area contributed by atoms with Crippen LogP contribution in [0.2, 0.25) is 5.02 Å². The van der Waals surface area contributed by atoms with E-state index in [1.807, 2.05) is 6.07 Å². The minimum atomic E-state index is -1.10. The maximum atomic E-state index is 12.2. The normalized spacial score (nSPS) is 15.8. The number of hydrogen-bond donors (Lipinski definition) is 2. The molecule has 0 aliphatic carbocycles. The van der Waals surface area contributed by atoms with Crippen LogP contribution < -0.4 is 15.9 Å². The summed E-state index contributed by atoms with van der Waals surface area (Å²) in [5.74, 6) is -1.89. The van der Waals surface area contributed by atoms with Gasteiger partial charge in [0.05, 0.1) is 10.8 Å². The Kier molecular flexibility index (Phi) is 4.38. The van der Waals surface area contributed by atoms with Gasteiger partial charge in [-0.15, -0.1) is 0 Å². The van der Waals surface area contributed by atoms with Crippen molar-refractivity contribution in [1.82, 2.24) is 0 Å². The first kappa shape index (κ1) is 17.5. The maximum absolute atomic E-state index is 12.2. The van der Waals surface area contributed by atoms with Gasteiger partial charge in [0.2, 0.25) is 17.1 Å². The Morgan fingerprint density at radius 3 is 2.77 bits per heavy atom. The molecule has 2 heterocycles. The first-order chi connectivity index (χ1) is 12.4. The summed E-state index contributed by atoms with van der Waals surface area (Å²) >= 11 is 6.18. The highest BCUT2D eigenvalue weighted by atomic mass is 35.5. The Morgan fingerprint density at radius 1 is 1.42 bits per heavy atom. The van der Waals surface area contributed by atoms with E-state index in [9.17, 15) is 25.3 Å². The Balaban J connectivity index is 2.35. The monoisotopic (exact) mass is 375 g/mol. The number of non-ortho nitro benzene ring substituents is 1. The molecule has 0 amide bonds. The van der Waals surface area contributed by atoms with Crippen molar-refractivity contribution >= 4 is 17.3 Å². The van der Waals surface area contributed by atoms with Gasteiger partial charge in [0, 0.05) is 23.2 Å². The molecule has 1 atom stereocenters. The molecule has 0 spiro atoms. The van der Waals surface area contributed by atoms with Gasteiger partial charge in [-0.05, 0) is 11.6 Å². The molecule has 1 aromatic heterocycles. The fourth-order valence-corrected chi connectivity index (χ4v) is 2.87. The molecule has 3 rings (SSSR count). The molecule has 0 bridgehead atoms. The molecule has 1 aromatic carbocycles. The lowest BCUT2D eigenvalue weighted by atomic mass is 9.87. The molecule has 3 N–H and O–H groups in total. The molecule has 2 aromatic rings. The third kappa shape index (κ3) is 2.77. The van der Waals surface area contributed by atoms with E-state index in [-0.39, 0.29) is 45.0 Å². The lowest BCUT2D eigenvalue weighted by Crippen LogP contribution is -2.25. The van der Waals surface area contributed by atoms with Gasteiger partial charge in [0.25, 0.3) is 5.69 Å². The number of hydrogen-bond acceptors (Lipinski definition) is 8. The molecule has 1 aliphatic heterocycles. The molecular formula is C16H10ClN3O6. The van der Waals surface area contributed by atoms with Gasteiger partial charge < -0.3 is 20.0 Å². The fourth-order valence-electron chi connectivity index (χ4n) is 2.64. The lowest BCUT2D eigenvalue weighted by Gasteiger charge is -2.25. The Hall–Kier alpha value is -3.35. The highest BCUT2D eigenvalue weighted by molar-refractivity contribution is 6.31. The van der Waals surface area contributed by atoms with Crippen LogP contribution in [-0.4, -0.2) is 10.0 Å². The summed E-state index contributed by atoms with van der Waals surface area (Å²) in [5.41, 5.74) is 4.87. The summed E-state index contributed by atoms with van der Waals surface area (Å²) in [6.07, 6.45) is 0. The van der Waals surface area contributed by atoms with E-state index >= 15 is 0 Å². The summed E-state index contributed by atoms with van der Waals surface area (Å²) in [6.45, 7) is -0.570. The zero-order valence-corrected chi connectivity index (χ0v) is 13.7. The van der Waals surface area contributed by atoms with Gasteiger partial charge >= 0.3 is 0 Å². The summed E-state index contributed by atoms with van der Waals surface area (Å²) in [5, 5.41) is 29.9. The van der Waals surface area contributed by atoms with Gasteiger partial charge in [-0.25, -0.2) is 0 Å². The van der Waals surface area contributed by atoms with Crippen LogP contribution in [0.4, 0.5) is 5.69 Å². The van der Waals surface area contributed by atoms with Gasteiger partial charge in [0.1, 0.15) is 24.0 Å². The standard InChI is InChI=1S/C16H10ClN3O6/c17-11-2-1-7(20(23)24)3-9(11)13-10(5-18)16(19)26-14-12(22)4-8(6-21)25-15(13)14/h1-4,13,21H,6,19H2. The second-order valence-electron chi connectivity index (χ2n) is 5.32. The van der Waals surface area contributed by atoms with E-state index in [1.165, 1.54) is 18.2 Å². The summed E-state index contributed by atoms with van der Waals surface area (Å²) < 4.78 is 10.7. The van der Waals surface area contributed by atoms with E-state index in [0.29, 0.717) is 0 Å². The molecule has 0 radical (unpaired) electrons. The molecule has 26 heavy (non-hydrogen) atoms. The number of ether oxygens (including phenoxy) is 1. The van der Waals surface area contributed by atoms with Crippen LogP contribution in [0.3, 0.4) is 0 Å². The number of benzene rings is 1. The van der Waals surface area contributed by atoms with E-state index in [4.69, 9.17) is 26.5 Å². The van der Waals surface area contributed by atoms with Crippen molar-refractivity contribution in [3.8, 4) is 11.8 Å². The number of allylic oxidation sites excluding steroid dienone is 1.